The molecule has 0 aliphatic heterocycles. The SMILES string of the molecule is CC(N)Cc1cccc(Oc2ccc(C(F)(F)F)cc2)c1.Cl. The summed E-state index contributed by atoms with van der Waals surface area (Å²) in [5.74, 6) is 0.939. The van der Waals surface area contributed by atoms with Crippen LogP contribution in [0.25, 0.3) is 0 Å². The lowest BCUT2D eigenvalue weighted by molar-refractivity contribution is -0.137. The van der Waals surface area contributed by atoms with Crippen LogP contribution in [0.4, 0.5) is 13.2 Å². The van der Waals surface area contributed by atoms with Gasteiger partial charge in [0, 0.05) is 6.04 Å². The van der Waals surface area contributed by atoms with Gasteiger partial charge in [-0.3, -0.25) is 0 Å². The van der Waals surface area contributed by atoms with E-state index in [0.717, 1.165) is 17.7 Å². The van der Waals surface area contributed by atoms with Crippen LogP contribution in [0, 0.1) is 0 Å². The molecule has 0 amide bonds. The van der Waals surface area contributed by atoms with Crippen LogP contribution in [0.5, 0.6) is 11.5 Å². The number of alkyl halides is 3. The monoisotopic (exact) mass is 331 g/mol. The number of halogens is 4. The number of rotatable bonds is 4. The summed E-state index contributed by atoms with van der Waals surface area (Å²) in [6.07, 6.45) is -3.63. The first-order valence-electron chi connectivity index (χ1n) is 6.54. The van der Waals surface area contributed by atoms with E-state index in [1.54, 1.807) is 6.07 Å². The summed E-state index contributed by atoms with van der Waals surface area (Å²) >= 11 is 0. The molecule has 0 bridgehead atoms. The van der Waals surface area contributed by atoms with Gasteiger partial charge in [0.05, 0.1) is 5.56 Å². The minimum absolute atomic E-state index is 0. The van der Waals surface area contributed by atoms with Gasteiger partial charge in [0.15, 0.2) is 0 Å². The second kappa shape index (κ2) is 7.51. The highest BCUT2D eigenvalue weighted by Crippen LogP contribution is 2.31. The van der Waals surface area contributed by atoms with E-state index in [1.807, 2.05) is 25.1 Å². The zero-order valence-electron chi connectivity index (χ0n) is 11.9. The molecule has 0 fully saturated rings. The zero-order chi connectivity index (χ0) is 15.5. The molecule has 0 saturated heterocycles. The maximum atomic E-state index is 12.5. The van der Waals surface area contributed by atoms with Crippen LogP contribution in [-0.2, 0) is 12.6 Å². The van der Waals surface area contributed by atoms with Crippen LogP contribution in [0.1, 0.15) is 18.1 Å². The lowest BCUT2D eigenvalue weighted by Gasteiger charge is -2.10. The van der Waals surface area contributed by atoms with E-state index in [-0.39, 0.29) is 18.4 Å². The molecule has 2 N–H and O–H groups in total. The molecule has 0 aliphatic carbocycles. The van der Waals surface area contributed by atoms with Crippen molar-refractivity contribution in [2.45, 2.75) is 25.6 Å². The molecule has 0 aromatic heterocycles. The molecule has 0 saturated carbocycles. The van der Waals surface area contributed by atoms with Gasteiger partial charge >= 0.3 is 6.18 Å². The lowest BCUT2D eigenvalue weighted by atomic mass is 10.1. The number of nitrogens with two attached hydrogens (primary N) is 1. The van der Waals surface area contributed by atoms with Gasteiger partial charge in [0.2, 0.25) is 0 Å². The summed E-state index contributed by atoms with van der Waals surface area (Å²) in [5.41, 5.74) is 6.07. The normalized spacial score (nSPS) is 12.4. The number of ether oxygens (including phenoxy) is 1. The van der Waals surface area contributed by atoms with E-state index in [2.05, 4.69) is 0 Å². The van der Waals surface area contributed by atoms with Crippen molar-refractivity contribution in [3.05, 3.63) is 59.7 Å². The van der Waals surface area contributed by atoms with E-state index >= 15 is 0 Å². The lowest BCUT2D eigenvalue weighted by Crippen LogP contribution is -2.17. The van der Waals surface area contributed by atoms with Gasteiger partial charge in [-0.05, 0) is 55.3 Å². The summed E-state index contributed by atoms with van der Waals surface area (Å²) in [6, 6.07) is 12.0. The van der Waals surface area contributed by atoms with E-state index < -0.39 is 11.7 Å². The molecule has 120 valence electrons. The van der Waals surface area contributed by atoms with Crippen molar-refractivity contribution in [1.29, 1.82) is 0 Å². The Morgan fingerprint density at radius 3 is 2.23 bits per heavy atom. The average Bonchev–Trinajstić information content (AvgIpc) is 2.38. The maximum Gasteiger partial charge on any atom is 0.416 e. The van der Waals surface area contributed by atoms with Crippen molar-refractivity contribution in [1.82, 2.24) is 0 Å². The predicted molar refractivity (Wildman–Crippen MR) is 82.6 cm³/mol. The molecule has 2 nitrogen and oxygen atoms in total. The summed E-state index contributed by atoms with van der Waals surface area (Å²) in [7, 11) is 0. The Morgan fingerprint density at radius 2 is 1.68 bits per heavy atom. The first-order chi connectivity index (χ1) is 9.84. The molecular formula is C16H17ClF3NO. The maximum absolute atomic E-state index is 12.5. The minimum Gasteiger partial charge on any atom is -0.457 e. The molecule has 1 atom stereocenters. The van der Waals surface area contributed by atoms with Crippen LogP contribution in [-0.4, -0.2) is 6.04 Å². The zero-order valence-corrected chi connectivity index (χ0v) is 12.7. The van der Waals surface area contributed by atoms with Gasteiger partial charge in [0.1, 0.15) is 11.5 Å². The molecule has 22 heavy (non-hydrogen) atoms. The van der Waals surface area contributed by atoms with Gasteiger partial charge in [0.25, 0.3) is 0 Å². The van der Waals surface area contributed by atoms with Crippen LogP contribution >= 0.6 is 12.4 Å². The molecule has 1 unspecified atom stereocenters. The molecule has 6 heteroatoms. The van der Waals surface area contributed by atoms with Crippen LogP contribution in [0.15, 0.2) is 48.5 Å². The van der Waals surface area contributed by atoms with Gasteiger partial charge in [-0.15, -0.1) is 12.4 Å². The number of hydrogen-bond acceptors (Lipinski definition) is 2. The molecule has 2 rings (SSSR count). The Hall–Kier alpha value is -1.72. The largest absolute Gasteiger partial charge is 0.457 e. The topological polar surface area (TPSA) is 35.2 Å². The smallest absolute Gasteiger partial charge is 0.416 e. The van der Waals surface area contributed by atoms with E-state index in [9.17, 15) is 13.2 Å². The Labute approximate surface area is 133 Å². The summed E-state index contributed by atoms with van der Waals surface area (Å²) in [6.45, 7) is 1.91. The average molecular weight is 332 g/mol. The van der Waals surface area contributed by atoms with Gasteiger partial charge in [-0.2, -0.15) is 13.2 Å². The van der Waals surface area contributed by atoms with Crippen molar-refractivity contribution in [2.75, 3.05) is 0 Å². The van der Waals surface area contributed by atoms with E-state index in [1.165, 1.54) is 12.1 Å². The first kappa shape index (κ1) is 18.3. The van der Waals surface area contributed by atoms with Crippen molar-refractivity contribution >= 4 is 12.4 Å². The number of benzene rings is 2. The molecule has 2 aromatic rings. The Bertz CT molecular complexity index is 597. The molecule has 0 heterocycles. The third kappa shape index (κ3) is 5.24. The van der Waals surface area contributed by atoms with E-state index in [4.69, 9.17) is 10.5 Å². The third-order valence-corrected chi connectivity index (χ3v) is 2.87. The minimum atomic E-state index is -4.34. The highest BCUT2D eigenvalue weighted by Gasteiger charge is 2.30. The fourth-order valence-electron chi connectivity index (χ4n) is 1.96. The van der Waals surface area contributed by atoms with Gasteiger partial charge < -0.3 is 10.5 Å². The summed E-state index contributed by atoms with van der Waals surface area (Å²) < 4.78 is 43.0. The molecule has 0 radical (unpaired) electrons. The van der Waals surface area contributed by atoms with Crippen LogP contribution in [0.2, 0.25) is 0 Å². The molecule has 2 aromatic carbocycles. The fraction of sp³-hybridized carbons (Fsp3) is 0.250. The second-order valence-electron chi connectivity index (χ2n) is 4.95. The molecule has 0 aliphatic rings. The predicted octanol–water partition coefficient (Wildman–Crippen LogP) is 4.81. The fourth-order valence-corrected chi connectivity index (χ4v) is 1.96. The van der Waals surface area contributed by atoms with Crippen LogP contribution in [0.3, 0.4) is 0 Å². The van der Waals surface area contributed by atoms with Crippen LogP contribution < -0.4 is 10.5 Å². The van der Waals surface area contributed by atoms with Crippen molar-refractivity contribution < 1.29 is 17.9 Å². The van der Waals surface area contributed by atoms with Gasteiger partial charge in [-0.25, -0.2) is 0 Å². The Balaban J connectivity index is 0.00000242. The third-order valence-electron chi connectivity index (χ3n) is 2.87. The quantitative estimate of drug-likeness (QED) is 0.872. The summed E-state index contributed by atoms with van der Waals surface area (Å²) in [4.78, 5) is 0. The number of hydrogen-bond donors (Lipinski definition) is 1. The highest BCUT2D eigenvalue weighted by atomic mass is 35.5. The first-order valence-corrected chi connectivity index (χ1v) is 6.54. The van der Waals surface area contributed by atoms with Gasteiger partial charge in [-0.1, -0.05) is 12.1 Å². The highest BCUT2D eigenvalue weighted by molar-refractivity contribution is 5.85. The Kier molecular flexibility index (Phi) is 6.26. The Morgan fingerprint density at radius 1 is 1.05 bits per heavy atom. The van der Waals surface area contributed by atoms with Crippen molar-refractivity contribution in [2.24, 2.45) is 5.73 Å². The molecular weight excluding hydrogens is 315 g/mol. The summed E-state index contributed by atoms with van der Waals surface area (Å²) in [5, 5.41) is 0. The second-order valence-corrected chi connectivity index (χ2v) is 4.95. The van der Waals surface area contributed by atoms with Crippen molar-refractivity contribution in [3.63, 3.8) is 0 Å². The van der Waals surface area contributed by atoms with E-state index in [0.29, 0.717) is 17.9 Å². The molecule has 0 spiro atoms. The van der Waals surface area contributed by atoms with Crippen molar-refractivity contribution in [3.8, 4) is 11.5 Å². The standard InChI is InChI=1S/C16H16F3NO.ClH/c1-11(20)9-12-3-2-4-15(10-12)21-14-7-5-13(6-8-14)16(17,18)19;/h2-8,10-11H,9,20H2,1H3;1H.